The Morgan fingerprint density at radius 1 is 1.19 bits per heavy atom. The van der Waals surface area contributed by atoms with Crippen LogP contribution in [-0.4, -0.2) is 40.9 Å². The number of aromatic nitrogens is 2. The molecule has 1 saturated heterocycles. The number of nitrogens with zero attached hydrogens (tertiary/aromatic N) is 3. The van der Waals surface area contributed by atoms with Crippen LogP contribution in [-0.2, 0) is 4.79 Å². The third-order valence-corrected chi connectivity index (χ3v) is 6.14. The minimum atomic E-state index is -0.326. The summed E-state index contributed by atoms with van der Waals surface area (Å²) in [6.45, 7) is 3.96. The van der Waals surface area contributed by atoms with Crippen molar-refractivity contribution in [2.45, 2.75) is 19.8 Å². The van der Waals surface area contributed by atoms with Crippen LogP contribution in [0.4, 0.5) is 5.82 Å². The number of likely N-dealkylation sites (tertiary alicyclic amines) is 1. The van der Waals surface area contributed by atoms with E-state index < -0.39 is 0 Å². The Balaban J connectivity index is 1.57. The highest BCUT2D eigenvalue weighted by molar-refractivity contribution is 7.13. The van der Waals surface area contributed by atoms with Crippen molar-refractivity contribution >= 4 is 33.8 Å². The second kappa shape index (κ2) is 6.78. The molecule has 5 nitrogen and oxygen atoms in total. The number of fused-ring (bicyclic) bond motifs is 1. The van der Waals surface area contributed by atoms with E-state index in [0.29, 0.717) is 5.82 Å². The number of benzene rings is 1. The molecule has 3 heterocycles. The van der Waals surface area contributed by atoms with Crippen molar-refractivity contribution in [1.82, 2.24) is 14.9 Å². The molecule has 0 saturated carbocycles. The summed E-state index contributed by atoms with van der Waals surface area (Å²) in [7, 11) is 2.10. The van der Waals surface area contributed by atoms with Crippen LogP contribution in [0.15, 0.2) is 42.2 Å². The second-order valence-corrected chi connectivity index (χ2v) is 8.20. The Hall–Kier alpha value is -2.31. The van der Waals surface area contributed by atoms with Crippen LogP contribution in [0.2, 0.25) is 0 Å². The first-order valence-electron chi connectivity index (χ1n) is 8.82. The minimum absolute atomic E-state index is 0.0658. The summed E-state index contributed by atoms with van der Waals surface area (Å²) in [5.41, 5.74) is 2.64. The molecule has 6 heteroatoms. The summed E-state index contributed by atoms with van der Waals surface area (Å²) < 4.78 is 0. The van der Waals surface area contributed by atoms with Crippen molar-refractivity contribution < 1.29 is 4.79 Å². The van der Waals surface area contributed by atoms with Gasteiger partial charge < -0.3 is 10.2 Å². The van der Waals surface area contributed by atoms with E-state index >= 15 is 0 Å². The van der Waals surface area contributed by atoms with Crippen LogP contribution in [0.1, 0.15) is 19.8 Å². The zero-order chi connectivity index (χ0) is 18.1. The Labute approximate surface area is 157 Å². The zero-order valence-electron chi connectivity index (χ0n) is 15.0. The van der Waals surface area contributed by atoms with Gasteiger partial charge in [-0.1, -0.05) is 19.1 Å². The minimum Gasteiger partial charge on any atom is -0.310 e. The first-order valence-corrected chi connectivity index (χ1v) is 9.70. The molecule has 1 aliphatic rings. The van der Waals surface area contributed by atoms with E-state index in [1.54, 1.807) is 11.3 Å². The normalized spacial score (nSPS) is 17.3. The van der Waals surface area contributed by atoms with E-state index in [1.165, 1.54) is 0 Å². The van der Waals surface area contributed by atoms with Crippen LogP contribution in [0.25, 0.3) is 21.2 Å². The van der Waals surface area contributed by atoms with Gasteiger partial charge in [-0.15, -0.1) is 11.3 Å². The van der Waals surface area contributed by atoms with Gasteiger partial charge in [0.1, 0.15) is 5.82 Å². The maximum Gasteiger partial charge on any atom is 0.231 e. The van der Waals surface area contributed by atoms with Crippen LogP contribution >= 0.6 is 11.3 Å². The summed E-state index contributed by atoms with van der Waals surface area (Å²) in [5.74, 6) is 0.681. The van der Waals surface area contributed by atoms with Crippen LogP contribution in [0, 0.1) is 5.41 Å². The number of rotatable bonds is 3. The van der Waals surface area contributed by atoms with Gasteiger partial charge in [-0.25, -0.2) is 4.98 Å². The fraction of sp³-hybridized carbons (Fsp3) is 0.350. The molecule has 0 bridgehead atoms. The molecule has 1 amide bonds. The molecule has 3 aromatic rings. The van der Waals surface area contributed by atoms with Crippen molar-refractivity contribution in [3.8, 4) is 10.4 Å². The summed E-state index contributed by atoms with van der Waals surface area (Å²) >= 11 is 1.62. The molecular weight excluding hydrogens is 344 g/mol. The molecule has 2 aromatic heterocycles. The number of thiazole rings is 1. The fourth-order valence-electron chi connectivity index (χ4n) is 3.33. The van der Waals surface area contributed by atoms with Crippen molar-refractivity contribution in [3.05, 3.63) is 42.2 Å². The SMILES string of the molecule is CN1CCC(C)(C(=O)Nc2cc3cc(-c4cncs4)ccc3cn2)CC1. The van der Waals surface area contributed by atoms with E-state index in [9.17, 15) is 4.79 Å². The smallest absolute Gasteiger partial charge is 0.231 e. The topological polar surface area (TPSA) is 58.1 Å². The molecule has 0 radical (unpaired) electrons. The van der Waals surface area contributed by atoms with Gasteiger partial charge in [0.2, 0.25) is 5.91 Å². The Bertz CT molecular complexity index is 930. The molecule has 0 spiro atoms. The fourth-order valence-corrected chi connectivity index (χ4v) is 3.95. The van der Waals surface area contributed by atoms with Gasteiger partial charge in [-0.3, -0.25) is 9.78 Å². The summed E-state index contributed by atoms with van der Waals surface area (Å²) in [6.07, 6.45) is 5.44. The maximum atomic E-state index is 12.8. The number of pyridine rings is 1. The number of amides is 1. The van der Waals surface area contributed by atoms with E-state index in [0.717, 1.165) is 47.1 Å². The summed E-state index contributed by atoms with van der Waals surface area (Å²) in [4.78, 5) is 24.8. The van der Waals surface area contributed by atoms with Crippen molar-refractivity contribution in [2.24, 2.45) is 5.41 Å². The summed E-state index contributed by atoms with van der Waals surface area (Å²) in [5, 5.41) is 5.16. The molecule has 0 atom stereocenters. The highest BCUT2D eigenvalue weighted by Gasteiger charge is 2.36. The van der Waals surface area contributed by atoms with Crippen molar-refractivity contribution in [1.29, 1.82) is 0 Å². The zero-order valence-corrected chi connectivity index (χ0v) is 15.8. The predicted octanol–water partition coefficient (Wildman–Crippen LogP) is 4.03. The monoisotopic (exact) mass is 366 g/mol. The molecule has 1 aliphatic heterocycles. The van der Waals surface area contributed by atoms with E-state index in [4.69, 9.17) is 0 Å². The number of carbonyl (C=O) groups excluding carboxylic acids is 1. The Morgan fingerprint density at radius 3 is 2.73 bits per heavy atom. The second-order valence-electron chi connectivity index (χ2n) is 7.32. The number of nitrogens with one attached hydrogen (secondary N) is 1. The largest absolute Gasteiger partial charge is 0.310 e. The third-order valence-electron chi connectivity index (χ3n) is 5.32. The van der Waals surface area contributed by atoms with Gasteiger partial charge >= 0.3 is 0 Å². The summed E-state index contributed by atoms with van der Waals surface area (Å²) in [6, 6.07) is 8.21. The lowest BCUT2D eigenvalue weighted by atomic mass is 9.79. The highest BCUT2D eigenvalue weighted by atomic mass is 32.1. The molecule has 134 valence electrons. The molecule has 1 N–H and O–H groups in total. The average Bonchev–Trinajstić information content (AvgIpc) is 3.18. The van der Waals surface area contributed by atoms with Crippen LogP contribution in [0.3, 0.4) is 0 Å². The molecule has 0 aliphatic carbocycles. The quantitative estimate of drug-likeness (QED) is 0.760. The van der Waals surface area contributed by atoms with Gasteiger partial charge in [0, 0.05) is 23.2 Å². The number of hydrogen-bond acceptors (Lipinski definition) is 5. The Morgan fingerprint density at radius 2 is 2.00 bits per heavy atom. The molecule has 26 heavy (non-hydrogen) atoms. The van der Waals surface area contributed by atoms with Crippen molar-refractivity contribution in [3.63, 3.8) is 0 Å². The van der Waals surface area contributed by atoms with E-state index in [2.05, 4.69) is 52.4 Å². The van der Waals surface area contributed by atoms with Crippen molar-refractivity contribution in [2.75, 3.05) is 25.5 Å². The third kappa shape index (κ3) is 3.34. The van der Waals surface area contributed by atoms with E-state index in [-0.39, 0.29) is 11.3 Å². The first-order chi connectivity index (χ1) is 12.5. The molecule has 4 rings (SSSR count). The van der Waals surface area contributed by atoms with Gasteiger partial charge in [0.25, 0.3) is 0 Å². The lowest BCUT2D eigenvalue weighted by Gasteiger charge is -2.36. The first kappa shape index (κ1) is 17.1. The average molecular weight is 366 g/mol. The van der Waals surface area contributed by atoms with Gasteiger partial charge in [0.05, 0.1) is 10.4 Å². The van der Waals surface area contributed by atoms with Crippen LogP contribution < -0.4 is 5.32 Å². The number of anilines is 1. The molecule has 1 fully saturated rings. The van der Waals surface area contributed by atoms with Gasteiger partial charge in [0.15, 0.2) is 0 Å². The molecule has 0 unspecified atom stereocenters. The molecule has 1 aromatic carbocycles. The highest BCUT2D eigenvalue weighted by Crippen LogP contribution is 2.32. The lowest BCUT2D eigenvalue weighted by molar-refractivity contribution is -0.127. The van der Waals surface area contributed by atoms with Gasteiger partial charge in [-0.05, 0) is 56.1 Å². The van der Waals surface area contributed by atoms with Crippen LogP contribution in [0.5, 0.6) is 0 Å². The number of carbonyl (C=O) groups is 1. The van der Waals surface area contributed by atoms with Gasteiger partial charge in [-0.2, -0.15) is 0 Å². The number of piperidine rings is 1. The molecular formula is C20H22N4OS. The maximum absolute atomic E-state index is 12.8. The predicted molar refractivity (Wildman–Crippen MR) is 106 cm³/mol. The lowest BCUT2D eigenvalue weighted by Crippen LogP contribution is -2.43. The standard InChI is InChI=1S/C20H22N4OS/c1-20(5-7-24(2)8-6-20)19(25)23-18-10-16-9-14(17-12-21-13-26-17)3-4-15(16)11-22-18/h3-4,9-13H,5-8H2,1-2H3,(H,22,23,25). The van der Waals surface area contributed by atoms with E-state index in [1.807, 2.05) is 24.0 Å². The number of hydrogen-bond donors (Lipinski definition) is 1. The Kier molecular flexibility index (Phi) is 4.46.